The Kier molecular flexibility index (Phi) is 5.58. The van der Waals surface area contributed by atoms with Crippen molar-refractivity contribution < 1.29 is 14.3 Å². The zero-order valence-corrected chi connectivity index (χ0v) is 13.2. The maximum Gasteiger partial charge on any atom is 0.374 e. The van der Waals surface area contributed by atoms with Gasteiger partial charge in [0.15, 0.2) is 0 Å². The fraction of sp³-hybridized carbons (Fsp3) is 0.118. The van der Waals surface area contributed by atoms with Gasteiger partial charge < -0.3 is 9.47 Å². The van der Waals surface area contributed by atoms with Crippen molar-refractivity contribution >= 4 is 28.0 Å². The van der Waals surface area contributed by atoms with Gasteiger partial charge in [0.05, 0.1) is 6.61 Å². The van der Waals surface area contributed by atoms with Crippen LogP contribution >= 0.6 is 15.9 Å². The summed E-state index contributed by atoms with van der Waals surface area (Å²) in [5.41, 5.74) is 0.873. The largest absolute Gasteiger partial charge is 0.460 e. The van der Waals surface area contributed by atoms with Crippen molar-refractivity contribution in [1.82, 2.24) is 0 Å². The Morgan fingerprint density at radius 3 is 2.38 bits per heavy atom. The molecule has 0 N–H and O–H groups in total. The van der Waals surface area contributed by atoms with Crippen LogP contribution in [0.3, 0.4) is 0 Å². The van der Waals surface area contributed by atoms with Gasteiger partial charge in [-0.2, -0.15) is 0 Å². The Morgan fingerprint density at radius 1 is 1.10 bits per heavy atom. The number of esters is 1. The second kappa shape index (κ2) is 7.64. The average Bonchev–Trinajstić information content (AvgIpc) is 2.50. The number of hydrogen-bond donors (Lipinski definition) is 0. The molecule has 0 amide bonds. The van der Waals surface area contributed by atoms with Crippen molar-refractivity contribution in [3.63, 3.8) is 0 Å². The van der Waals surface area contributed by atoms with Crippen LogP contribution in [-0.2, 0) is 9.53 Å². The van der Waals surface area contributed by atoms with Crippen LogP contribution < -0.4 is 4.74 Å². The number of halogens is 1. The molecule has 3 nitrogen and oxygen atoms in total. The maximum absolute atomic E-state index is 12.0. The first-order chi connectivity index (χ1) is 10.2. The standard InChI is InChI=1S/C17H15BrO3/c1-2-20-17(19)16(12-13-6-4-3-5-7-13)21-15-10-8-14(18)9-11-15/h3-12H,2H2,1H3/b16-12-. The highest BCUT2D eigenvalue weighted by Gasteiger charge is 2.13. The predicted octanol–water partition coefficient (Wildman–Crippen LogP) is 4.43. The number of ether oxygens (including phenoxy) is 2. The molecule has 2 aromatic carbocycles. The Labute approximate surface area is 132 Å². The minimum Gasteiger partial charge on any atom is -0.460 e. The second-order valence-electron chi connectivity index (χ2n) is 4.20. The summed E-state index contributed by atoms with van der Waals surface area (Å²) >= 11 is 3.36. The zero-order chi connectivity index (χ0) is 15.1. The average molecular weight is 347 g/mol. The fourth-order valence-electron chi connectivity index (χ4n) is 1.66. The molecular formula is C17H15BrO3. The minimum atomic E-state index is -0.482. The van der Waals surface area contributed by atoms with Crippen LogP contribution in [0.4, 0.5) is 0 Å². The quantitative estimate of drug-likeness (QED) is 0.456. The summed E-state index contributed by atoms with van der Waals surface area (Å²) in [5, 5.41) is 0. The monoisotopic (exact) mass is 346 g/mol. The highest BCUT2D eigenvalue weighted by Crippen LogP contribution is 2.20. The van der Waals surface area contributed by atoms with E-state index in [0.29, 0.717) is 12.4 Å². The van der Waals surface area contributed by atoms with Crippen molar-refractivity contribution in [2.45, 2.75) is 6.92 Å². The lowest BCUT2D eigenvalue weighted by atomic mass is 10.2. The van der Waals surface area contributed by atoms with Crippen LogP contribution in [0.2, 0.25) is 0 Å². The molecule has 0 unspecified atom stereocenters. The molecule has 0 spiro atoms. The first-order valence-electron chi connectivity index (χ1n) is 6.56. The van der Waals surface area contributed by atoms with Crippen LogP contribution in [-0.4, -0.2) is 12.6 Å². The summed E-state index contributed by atoms with van der Waals surface area (Å²) < 4.78 is 11.6. The molecule has 0 aliphatic carbocycles. The molecule has 0 saturated heterocycles. The van der Waals surface area contributed by atoms with Gasteiger partial charge in [0, 0.05) is 4.47 Å². The van der Waals surface area contributed by atoms with E-state index < -0.39 is 5.97 Å². The maximum atomic E-state index is 12.0. The van der Waals surface area contributed by atoms with E-state index in [0.717, 1.165) is 10.0 Å². The molecule has 0 aromatic heterocycles. The van der Waals surface area contributed by atoms with Crippen molar-refractivity contribution in [2.75, 3.05) is 6.61 Å². The molecule has 0 heterocycles. The molecule has 4 heteroatoms. The lowest BCUT2D eigenvalue weighted by Gasteiger charge is -2.09. The Morgan fingerprint density at radius 2 is 1.76 bits per heavy atom. The van der Waals surface area contributed by atoms with Crippen LogP contribution in [0.1, 0.15) is 12.5 Å². The third-order valence-electron chi connectivity index (χ3n) is 2.62. The molecule has 21 heavy (non-hydrogen) atoms. The van der Waals surface area contributed by atoms with E-state index in [9.17, 15) is 4.79 Å². The van der Waals surface area contributed by atoms with Crippen LogP contribution in [0.15, 0.2) is 64.8 Å². The van der Waals surface area contributed by atoms with E-state index in [1.54, 1.807) is 25.1 Å². The van der Waals surface area contributed by atoms with Gasteiger partial charge in [0.25, 0.3) is 0 Å². The van der Waals surface area contributed by atoms with Gasteiger partial charge in [-0.1, -0.05) is 46.3 Å². The van der Waals surface area contributed by atoms with Crippen molar-refractivity contribution in [1.29, 1.82) is 0 Å². The molecule has 0 fully saturated rings. The molecule has 0 bridgehead atoms. The van der Waals surface area contributed by atoms with Gasteiger partial charge >= 0.3 is 5.97 Å². The molecule has 0 saturated carbocycles. The Bertz CT molecular complexity index is 618. The van der Waals surface area contributed by atoms with Crippen LogP contribution in [0.5, 0.6) is 5.75 Å². The molecule has 0 radical (unpaired) electrons. The zero-order valence-electron chi connectivity index (χ0n) is 11.6. The predicted molar refractivity (Wildman–Crippen MR) is 85.8 cm³/mol. The van der Waals surface area contributed by atoms with E-state index in [-0.39, 0.29) is 5.76 Å². The third-order valence-corrected chi connectivity index (χ3v) is 3.14. The third kappa shape index (κ3) is 4.76. The van der Waals surface area contributed by atoms with Crippen LogP contribution in [0.25, 0.3) is 6.08 Å². The van der Waals surface area contributed by atoms with Gasteiger partial charge in [0.2, 0.25) is 5.76 Å². The number of carbonyl (C=O) groups is 1. The van der Waals surface area contributed by atoms with E-state index in [1.807, 2.05) is 42.5 Å². The topological polar surface area (TPSA) is 35.5 Å². The summed E-state index contributed by atoms with van der Waals surface area (Å²) in [6, 6.07) is 16.7. The van der Waals surface area contributed by atoms with Gasteiger partial charge in [0.1, 0.15) is 5.75 Å². The van der Waals surface area contributed by atoms with Gasteiger partial charge in [-0.25, -0.2) is 4.79 Å². The highest BCUT2D eigenvalue weighted by atomic mass is 79.9. The smallest absolute Gasteiger partial charge is 0.374 e. The lowest BCUT2D eigenvalue weighted by molar-refractivity contribution is -0.140. The van der Waals surface area contributed by atoms with Crippen LogP contribution in [0, 0.1) is 0 Å². The molecule has 108 valence electrons. The summed E-state index contributed by atoms with van der Waals surface area (Å²) in [4.78, 5) is 12.0. The SMILES string of the molecule is CCOC(=O)/C(=C/c1ccccc1)Oc1ccc(Br)cc1. The highest BCUT2D eigenvalue weighted by molar-refractivity contribution is 9.10. The summed E-state index contributed by atoms with van der Waals surface area (Å²) in [6.07, 6.45) is 1.67. The summed E-state index contributed by atoms with van der Waals surface area (Å²) in [6.45, 7) is 2.06. The fourth-order valence-corrected chi connectivity index (χ4v) is 1.93. The molecule has 0 aliphatic rings. The molecule has 2 rings (SSSR count). The molecular weight excluding hydrogens is 332 g/mol. The van der Waals surface area contributed by atoms with Gasteiger partial charge in [-0.3, -0.25) is 0 Å². The van der Waals surface area contributed by atoms with Gasteiger partial charge in [-0.15, -0.1) is 0 Å². The molecule has 2 aromatic rings. The summed E-state index contributed by atoms with van der Waals surface area (Å²) in [7, 11) is 0. The first-order valence-corrected chi connectivity index (χ1v) is 7.35. The van der Waals surface area contributed by atoms with E-state index in [4.69, 9.17) is 9.47 Å². The van der Waals surface area contributed by atoms with E-state index in [1.165, 1.54) is 0 Å². The Balaban J connectivity index is 2.26. The lowest BCUT2D eigenvalue weighted by Crippen LogP contribution is -2.12. The number of rotatable bonds is 5. The van der Waals surface area contributed by atoms with Crippen molar-refractivity contribution in [2.24, 2.45) is 0 Å². The normalized spacial score (nSPS) is 11.0. The van der Waals surface area contributed by atoms with Gasteiger partial charge in [-0.05, 0) is 42.8 Å². The van der Waals surface area contributed by atoms with E-state index in [2.05, 4.69) is 15.9 Å². The minimum absolute atomic E-state index is 0.158. The number of hydrogen-bond acceptors (Lipinski definition) is 3. The Hall–Kier alpha value is -2.07. The molecule has 0 aliphatic heterocycles. The second-order valence-corrected chi connectivity index (χ2v) is 5.11. The van der Waals surface area contributed by atoms with Crippen molar-refractivity contribution in [3.8, 4) is 5.75 Å². The molecule has 0 atom stereocenters. The summed E-state index contributed by atoms with van der Waals surface area (Å²) in [5.74, 6) is 0.253. The number of carbonyl (C=O) groups excluding carboxylic acids is 1. The number of benzene rings is 2. The van der Waals surface area contributed by atoms with Crippen molar-refractivity contribution in [3.05, 3.63) is 70.4 Å². The van der Waals surface area contributed by atoms with E-state index >= 15 is 0 Å². The first kappa shape index (κ1) is 15.3.